The van der Waals surface area contributed by atoms with E-state index in [2.05, 4.69) is 0 Å². The minimum Gasteiger partial charge on any atom is -0.457 e. The first kappa shape index (κ1) is 15.5. The maximum atomic E-state index is 13.4. The van der Waals surface area contributed by atoms with Crippen LogP contribution in [0.1, 0.15) is 16.7 Å². The molecule has 0 amide bonds. The Labute approximate surface area is 128 Å². The van der Waals surface area contributed by atoms with Gasteiger partial charge in [0.05, 0.1) is 0 Å². The first-order valence-corrected chi connectivity index (χ1v) is 6.69. The molecule has 0 bridgehead atoms. The topological polar surface area (TPSA) is 50.1 Å². The Balaban J connectivity index is 2.08. The summed E-state index contributed by atoms with van der Waals surface area (Å²) in [4.78, 5) is 11.9. The van der Waals surface area contributed by atoms with Crippen molar-refractivity contribution in [1.29, 1.82) is 5.26 Å². The number of carbonyl (C=O) groups is 1. The number of nitriles is 1. The Morgan fingerprint density at radius 3 is 2.55 bits per heavy atom. The lowest BCUT2D eigenvalue weighted by atomic mass is 10.1. The van der Waals surface area contributed by atoms with Crippen molar-refractivity contribution in [3.05, 3.63) is 76.6 Å². The van der Waals surface area contributed by atoms with Crippen molar-refractivity contribution in [3.63, 3.8) is 0 Å². The summed E-state index contributed by atoms with van der Waals surface area (Å²) in [6.07, 6.45) is 1.45. The molecular formula is C18H14FNO2. The van der Waals surface area contributed by atoms with E-state index < -0.39 is 11.8 Å². The molecule has 0 saturated heterocycles. The van der Waals surface area contributed by atoms with Crippen molar-refractivity contribution < 1.29 is 13.9 Å². The number of hydrogen-bond donors (Lipinski definition) is 0. The van der Waals surface area contributed by atoms with Crippen LogP contribution in [0.5, 0.6) is 0 Å². The Morgan fingerprint density at radius 2 is 1.91 bits per heavy atom. The Bertz CT molecular complexity index is 742. The van der Waals surface area contributed by atoms with Crippen molar-refractivity contribution in [2.24, 2.45) is 0 Å². The Kier molecular flexibility index (Phi) is 5.05. The highest BCUT2D eigenvalue weighted by Gasteiger charge is 2.12. The molecule has 2 aromatic carbocycles. The second-order valence-electron chi connectivity index (χ2n) is 4.75. The van der Waals surface area contributed by atoms with Gasteiger partial charge in [0.2, 0.25) is 0 Å². The van der Waals surface area contributed by atoms with Gasteiger partial charge in [0.15, 0.2) is 0 Å². The van der Waals surface area contributed by atoms with E-state index in [0.29, 0.717) is 0 Å². The SMILES string of the molecule is Cc1ccc(/C=C(\C#N)C(=O)OCc2ccccc2F)cc1. The zero-order valence-corrected chi connectivity index (χ0v) is 12.0. The first-order valence-electron chi connectivity index (χ1n) is 6.69. The van der Waals surface area contributed by atoms with Crippen molar-refractivity contribution >= 4 is 12.0 Å². The summed E-state index contributed by atoms with van der Waals surface area (Å²) in [5, 5.41) is 9.07. The third-order valence-corrected chi connectivity index (χ3v) is 3.05. The van der Waals surface area contributed by atoms with E-state index in [0.717, 1.165) is 11.1 Å². The molecule has 0 aromatic heterocycles. The fraction of sp³-hybridized carbons (Fsp3) is 0.111. The van der Waals surface area contributed by atoms with Gasteiger partial charge in [-0.1, -0.05) is 48.0 Å². The van der Waals surface area contributed by atoms with E-state index in [1.54, 1.807) is 24.3 Å². The second kappa shape index (κ2) is 7.19. The highest BCUT2D eigenvalue weighted by Crippen LogP contribution is 2.12. The van der Waals surface area contributed by atoms with Crippen LogP contribution in [0.4, 0.5) is 4.39 Å². The van der Waals surface area contributed by atoms with Gasteiger partial charge in [0.25, 0.3) is 0 Å². The molecule has 0 fully saturated rings. The standard InChI is InChI=1S/C18H14FNO2/c1-13-6-8-14(9-7-13)10-16(11-20)18(21)22-12-15-4-2-3-5-17(15)19/h2-10H,12H2,1H3/b16-10+. The van der Waals surface area contributed by atoms with Crippen LogP contribution in [0.25, 0.3) is 6.08 Å². The highest BCUT2D eigenvalue weighted by atomic mass is 19.1. The molecule has 0 heterocycles. The summed E-state index contributed by atoms with van der Waals surface area (Å²) < 4.78 is 18.4. The minimum absolute atomic E-state index is 0.125. The number of carbonyl (C=O) groups excluding carboxylic acids is 1. The van der Waals surface area contributed by atoms with Gasteiger partial charge in [-0.15, -0.1) is 0 Å². The van der Waals surface area contributed by atoms with Gasteiger partial charge in [0, 0.05) is 5.56 Å². The molecule has 0 N–H and O–H groups in total. The highest BCUT2D eigenvalue weighted by molar-refractivity contribution is 5.97. The van der Waals surface area contributed by atoms with Crippen LogP contribution in [0.15, 0.2) is 54.1 Å². The maximum Gasteiger partial charge on any atom is 0.349 e. The Hall–Kier alpha value is -2.93. The minimum atomic E-state index is -0.772. The lowest BCUT2D eigenvalue weighted by molar-refractivity contribution is -0.139. The molecule has 3 nitrogen and oxygen atoms in total. The van der Waals surface area contributed by atoms with Crippen LogP contribution in [0, 0.1) is 24.1 Å². The summed E-state index contributed by atoms with van der Waals surface area (Å²) in [5.74, 6) is -1.22. The molecule has 0 atom stereocenters. The molecule has 4 heteroatoms. The smallest absolute Gasteiger partial charge is 0.349 e. The molecule has 2 aromatic rings. The normalized spacial score (nSPS) is 10.9. The average Bonchev–Trinajstić information content (AvgIpc) is 2.53. The fourth-order valence-corrected chi connectivity index (χ4v) is 1.80. The summed E-state index contributed by atoms with van der Waals surface area (Å²) in [7, 11) is 0. The van der Waals surface area contributed by atoms with Crippen LogP contribution in [-0.2, 0) is 16.1 Å². The van der Waals surface area contributed by atoms with Crippen LogP contribution in [0.3, 0.4) is 0 Å². The molecule has 0 unspecified atom stereocenters. The molecule has 0 aliphatic heterocycles. The molecular weight excluding hydrogens is 281 g/mol. The number of ether oxygens (including phenoxy) is 1. The van der Waals surface area contributed by atoms with Gasteiger partial charge in [-0.25, -0.2) is 9.18 Å². The lowest BCUT2D eigenvalue weighted by Gasteiger charge is -2.05. The predicted octanol–water partition coefficient (Wildman–Crippen LogP) is 3.78. The van der Waals surface area contributed by atoms with Gasteiger partial charge in [-0.3, -0.25) is 0 Å². The van der Waals surface area contributed by atoms with Crippen molar-refractivity contribution in [2.75, 3.05) is 0 Å². The summed E-state index contributed by atoms with van der Waals surface area (Å²) in [6, 6.07) is 15.2. The van der Waals surface area contributed by atoms with E-state index in [1.807, 2.05) is 25.1 Å². The second-order valence-corrected chi connectivity index (χ2v) is 4.75. The molecule has 22 heavy (non-hydrogen) atoms. The molecule has 2 rings (SSSR count). The fourth-order valence-electron chi connectivity index (χ4n) is 1.80. The molecule has 0 spiro atoms. The predicted molar refractivity (Wildman–Crippen MR) is 81.0 cm³/mol. The molecule has 110 valence electrons. The van der Waals surface area contributed by atoms with E-state index >= 15 is 0 Å². The zero-order chi connectivity index (χ0) is 15.9. The number of rotatable bonds is 4. The average molecular weight is 295 g/mol. The third-order valence-electron chi connectivity index (χ3n) is 3.05. The number of hydrogen-bond acceptors (Lipinski definition) is 3. The van der Waals surface area contributed by atoms with Crippen molar-refractivity contribution in [2.45, 2.75) is 13.5 Å². The van der Waals surface area contributed by atoms with Crippen LogP contribution >= 0.6 is 0 Å². The molecule has 0 aliphatic rings. The van der Waals surface area contributed by atoms with Crippen molar-refractivity contribution in [1.82, 2.24) is 0 Å². The molecule has 0 aliphatic carbocycles. The Morgan fingerprint density at radius 1 is 1.23 bits per heavy atom. The quantitative estimate of drug-likeness (QED) is 0.490. The van der Waals surface area contributed by atoms with Crippen LogP contribution in [-0.4, -0.2) is 5.97 Å². The van der Waals surface area contributed by atoms with E-state index in [4.69, 9.17) is 10.00 Å². The molecule has 0 radical (unpaired) electrons. The van der Waals surface area contributed by atoms with E-state index in [9.17, 15) is 9.18 Å². The monoisotopic (exact) mass is 295 g/mol. The van der Waals surface area contributed by atoms with E-state index in [1.165, 1.54) is 18.2 Å². The van der Waals surface area contributed by atoms with Gasteiger partial charge < -0.3 is 4.74 Å². The zero-order valence-electron chi connectivity index (χ0n) is 12.0. The number of esters is 1. The number of nitrogens with zero attached hydrogens (tertiary/aromatic N) is 1. The van der Waals surface area contributed by atoms with E-state index in [-0.39, 0.29) is 17.7 Å². The van der Waals surface area contributed by atoms with Gasteiger partial charge >= 0.3 is 5.97 Å². The third kappa shape index (κ3) is 4.03. The summed E-state index contributed by atoms with van der Waals surface area (Å²) in [6.45, 7) is 1.74. The van der Waals surface area contributed by atoms with Gasteiger partial charge in [0.1, 0.15) is 24.1 Å². The molecule has 0 saturated carbocycles. The first-order chi connectivity index (χ1) is 10.6. The number of halogens is 1. The lowest BCUT2D eigenvalue weighted by Crippen LogP contribution is -2.07. The van der Waals surface area contributed by atoms with Crippen molar-refractivity contribution in [3.8, 4) is 6.07 Å². The summed E-state index contributed by atoms with van der Waals surface area (Å²) >= 11 is 0. The van der Waals surface area contributed by atoms with Gasteiger partial charge in [-0.05, 0) is 24.6 Å². The number of aryl methyl sites for hydroxylation is 1. The van der Waals surface area contributed by atoms with Crippen LogP contribution in [0.2, 0.25) is 0 Å². The van der Waals surface area contributed by atoms with Crippen LogP contribution < -0.4 is 0 Å². The van der Waals surface area contributed by atoms with Gasteiger partial charge in [-0.2, -0.15) is 5.26 Å². The maximum absolute atomic E-state index is 13.4. The summed E-state index contributed by atoms with van der Waals surface area (Å²) in [5.41, 5.74) is 1.95. The number of benzene rings is 2. The largest absolute Gasteiger partial charge is 0.457 e.